The summed E-state index contributed by atoms with van der Waals surface area (Å²) < 4.78 is 0. The number of aromatic amines is 1. The fourth-order valence-electron chi connectivity index (χ4n) is 0.806. The Kier molecular flexibility index (Phi) is 2.74. The Hall–Kier alpha value is -1.45. The number of H-pyrrole nitrogens is 1. The molecule has 0 bridgehead atoms. The number of imidazole rings is 1. The number of nitrogens with one attached hydrogen (secondary N) is 1. The maximum absolute atomic E-state index is 11.2. The molecule has 0 fully saturated rings. The van der Waals surface area contributed by atoms with E-state index in [0.717, 1.165) is 0 Å². The van der Waals surface area contributed by atoms with E-state index in [1.54, 1.807) is 13.1 Å². The fraction of sp³-hybridized carbons (Fsp3) is 0.375. The van der Waals surface area contributed by atoms with E-state index in [2.05, 4.69) is 9.97 Å². The fourth-order valence-corrected chi connectivity index (χ4v) is 0.806. The van der Waals surface area contributed by atoms with E-state index >= 15 is 0 Å². The third kappa shape index (κ3) is 2.02. The molecular formula is C8H10N2O2. The highest BCUT2D eigenvalue weighted by molar-refractivity contribution is 6.05. The first kappa shape index (κ1) is 8.64. The zero-order valence-electron chi connectivity index (χ0n) is 6.83. The number of aromatic nitrogens is 2. The van der Waals surface area contributed by atoms with Crippen LogP contribution in [0.5, 0.6) is 0 Å². The lowest BCUT2D eigenvalue weighted by atomic mass is 10.1. The van der Waals surface area contributed by atoms with E-state index in [1.165, 1.54) is 6.20 Å². The molecule has 1 aromatic heterocycles. The predicted octanol–water partition coefficient (Wildman–Crippen LogP) is 0.962. The summed E-state index contributed by atoms with van der Waals surface area (Å²) in [4.78, 5) is 28.4. The van der Waals surface area contributed by atoms with Crippen LogP contribution in [0.2, 0.25) is 0 Å². The smallest absolute Gasteiger partial charge is 0.205 e. The lowest BCUT2D eigenvalue weighted by molar-refractivity contribution is -0.117. The standard InChI is InChI=1S/C8H10N2O2/c1-2-6(11)5-7(12)8-9-3-4-10-8/h3-4H,2,5H2,1H3,(H,9,10). The molecule has 0 aliphatic heterocycles. The van der Waals surface area contributed by atoms with Gasteiger partial charge in [0.2, 0.25) is 5.78 Å². The van der Waals surface area contributed by atoms with Crippen molar-refractivity contribution in [1.29, 1.82) is 0 Å². The van der Waals surface area contributed by atoms with Crippen molar-refractivity contribution in [2.75, 3.05) is 0 Å². The molecule has 0 aromatic carbocycles. The predicted molar refractivity (Wildman–Crippen MR) is 42.8 cm³/mol. The quantitative estimate of drug-likeness (QED) is 0.535. The van der Waals surface area contributed by atoms with Crippen molar-refractivity contribution >= 4 is 11.6 Å². The summed E-state index contributed by atoms with van der Waals surface area (Å²) in [6, 6.07) is 0. The van der Waals surface area contributed by atoms with Crippen LogP contribution in [0.3, 0.4) is 0 Å². The number of carbonyl (C=O) groups is 2. The molecule has 1 rings (SSSR count). The van der Waals surface area contributed by atoms with Crippen molar-refractivity contribution in [3.05, 3.63) is 18.2 Å². The van der Waals surface area contributed by atoms with Crippen LogP contribution in [-0.2, 0) is 4.79 Å². The lowest BCUT2D eigenvalue weighted by Gasteiger charge is -1.93. The zero-order chi connectivity index (χ0) is 8.97. The first-order valence-electron chi connectivity index (χ1n) is 3.78. The van der Waals surface area contributed by atoms with Gasteiger partial charge < -0.3 is 4.98 Å². The molecule has 0 amide bonds. The summed E-state index contributed by atoms with van der Waals surface area (Å²) in [5.74, 6) is -0.0416. The van der Waals surface area contributed by atoms with Gasteiger partial charge in [-0.05, 0) is 0 Å². The van der Waals surface area contributed by atoms with Crippen LogP contribution in [0.15, 0.2) is 12.4 Å². The molecule has 1 heterocycles. The van der Waals surface area contributed by atoms with E-state index in [4.69, 9.17) is 0 Å². The van der Waals surface area contributed by atoms with Gasteiger partial charge in [0.05, 0.1) is 6.42 Å². The molecule has 0 saturated carbocycles. The molecule has 0 atom stereocenters. The van der Waals surface area contributed by atoms with Crippen LogP contribution in [0.25, 0.3) is 0 Å². The molecule has 12 heavy (non-hydrogen) atoms. The summed E-state index contributed by atoms with van der Waals surface area (Å²) in [7, 11) is 0. The molecule has 0 unspecified atom stereocenters. The lowest BCUT2D eigenvalue weighted by Crippen LogP contribution is -2.08. The summed E-state index contributed by atoms with van der Waals surface area (Å²) in [6.45, 7) is 1.73. The van der Waals surface area contributed by atoms with Gasteiger partial charge in [-0.2, -0.15) is 0 Å². The molecule has 4 nitrogen and oxygen atoms in total. The molecule has 0 spiro atoms. The van der Waals surface area contributed by atoms with Gasteiger partial charge in [0, 0.05) is 18.8 Å². The summed E-state index contributed by atoms with van der Waals surface area (Å²) in [5, 5.41) is 0. The first-order valence-corrected chi connectivity index (χ1v) is 3.78. The molecule has 1 N–H and O–H groups in total. The maximum Gasteiger partial charge on any atom is 0.205 e. The Bertz CT molecular complexity index is 277. The Morgan fingerprint density at radius 3 is 2.83 bits per heavy atom. The van der Waals surface area contributed by atoms with Gasteiger partial charge in [0.1, 0.15) is 5.78 Å². The largest absolute Gasteiger partial charge is 0.342 e. The van der Waals surface area contributed by atoms with Crippen LogP contribution in [0, 0.1) is 0 Å². The molecule has 0 radical (unpaired) electrons. The van der Waals surface area contributed by atoms with Crippen LogP contribution in [-0.4, -0.2) is 21.5 Å². The number of hydrogen-bond donors (Lipinski definition) is 1. The van der Waals surface area contributed by atoms with Gasteiger partial charge in [0.15, 0.2) is 5.82 Å². The van der Waals surface area contributed by atoms with E-state index in [1.807, 2.05) is 0 Å². The second-order valence-electron chi connectivity index (χ2n) is 2.43. The Morgan fingerprint density at radius 1 is 1.58 bits per heavy atom. The molecular weight excluding hydrogens is 156 g/mol. The van der Waals surface area contributed by atoms with Gasteiger partial charge >= 0.3 is 0 Å². The van der Waals surface area contributed by atoms with Crippen molar-refractivity contribution < 1.29 is 9.59 Å². The molecule has 0 aliphatic carbocycles. The van der Waals surface area contributed by atoms with Crippen LogP contribution >= 0.6 is 0 Å². The van der Waals surface area contributed by atoms with Gasteiger partial charge in [-0.15, -0.1) is 0 Å². The average Bonchev–Trinajstić information content (AvgIpc) is 2.56. The van der Waals surface area contributed by atoms with Crippen LogP contribution in [0.4, 0.5) is 0 Å². The minimum Gasteiger partial charge on any atom is -0.342 e. The van der Waals surface area contributed by atoms with Crippen molar-refractivity contribution in [1.82, 2.24) is 9.97 Å². The molecule has 4 heteroatoms. The minimum absolute atomic E-state index is 0.0516. The number of rotatable bonds is 4. The summed E-state index contributed by atoms with van der Waals surface area (Å²) in [5.41, 5.74) is 0. The number of Topliss-reactive ketones (excluding diaryl/α,β-unsaturated/α-hetero) is 2. The highest BCUT2D eigenvalue weighted by atomic mass is 16.1. The monoisotopic (exact) mass is 166 g/mol. The third-order valence-corrected chi connectivity index (χ3v) is 1.51. The van der Waals surface area contributed by atoms with E-state index in [0.29, 0.717) is 6.42 Å². The molecule has 1 aromatic rings. The average molecular weight is 166 g/mol. The van der Waals surface area contributed by atoms with Crippen molar-refractivity contribution in [2.45, 2.75) is 19.8 Å². The van der Waals surface area contributed by atoms with Gasteiger partial charge in [-0.25, -0.2) is 4.98 Å². The summed E-state index contributed by atoms with van der Waals surface area (Å²) >= 11 is 0. The molecule has 0 saturated heterocycles. The topological polar surface area (TPSA) is 62.8 Å². The number of nitrogens with zero attached hydrogens (tertiary/aromatic N) is 1. The maximum atomic E-state index is 11.2. The number of carbonyl (C=O) groups excluding carboxylic acids is 2. The molecule has 64 valence electrons. The van der Waals surface area contributed by atoms with Crippen LogP contribution < -0.4 is 0 Å². The SMILES string of the molecule is CCC(=O)CC(=O)c1ncc[nH]1. The van der Waals surface area contributed by atoms with Crippen LogP contribution in [0.1, 0.15) is 30.4 Å². The normalized spacial score (nSPS) is 9.75. The summed E-state index contributed by atoms with van der Waals surface area (Å²) in [6.07, 6.45) is 3.39. The Labute approximate surface area is 70.0 Å². The van der Waals surface area contributed by atoms with Crippen molar-refractivity contribution in [3.63, 3.8) is 0 Å². The Morgan fingerprint density at radius 2 is 2.33 bits per heavy atom. The highest BCUT2D eigenvalue weighted by Gasteiger charge is 2.11. The highest BCUT2D eigenvalue weighted by Crippen LogP contribution is 1.98. The number of ketones is 2. The molecule has 0 aliphatic rings. The second kappa shape index (κ2) is 3.80. The van der Waals surface area contributed by atoms with E-state index < -0.39 is 0 Å². The van der Waals surface area contributed by atoms with Gasteiger partial charge in [-0.1, -0.05) is 6.92 Å². The van der Waals surface area contributed by atoms with Crippen molar-refractivity contribution in [3.8, 4) is 0 Å². The third-order valence-electron chi connectivity index (χ3n) is 1.51. The van der Waals surface area contributed by atoms with Gasteiger partial charge in [-0.3, -0.25) is 9.59 Å². The second-order valence-corrected chi connectivity index (χ2v) is 2.43. The Balaban J connectivity index is 2.56. The minimum atomic E-state index is -0.244. The van der Waals surface area contributed by atoms with Crippen molar-refractivity contribution in [2.24, 2.45) is 0 Å². The number of hydrogen-bond acceptors (Lipinski definition) is 3. The van der Waals surface area contributed by atoms with E-state index in [-0.39, 0.29) is 23.8 Å². The van der Waals surface area contributed by atoms with E-state index in [9.17, 15) is 9.59 Å². The van der Waals surface area contributed by atoms with Gasteiger partial charge in [0.25, 0.3) is 0 Å². The first-order chi connectivity index (χ1) is 5.74. The zero-order valence-corrected chi connectivity index (χ0v) is 6.83.